The van der Waals surface area contributed by atoms with Crippen molar-refractivity contribution in [1.29, 1.82) is 0 Å². The van der Waals surface area contributed by atoms with E-state index < -0.39 is 0 Å². The maximum atomic E-state index is 12.9. The molecule has 3 aromatic heterocycles. The van der Waals surface area contributed by atoms with Crippen LogP contribution in [0.5, 0.6) is 0 Å². The predicted octanol–water partition coefficient (Wildman–Crippen LogP) is 3.98. The van der Waals surface area contributed by atoms with E-state index in [-0.39, 0.29) is 11.7 Å². The number of amides is 1. The average Bonchev–Trinajstić information content (AvgIpc) is 3.42. The van der Waals surface area contributed by atoms with E-state index in [1.54, 1.807) is 5.38 Å². The number of hydrogen-bond donors (Lipinski definition) is 1. The Hall–Kier alpha value is -3.24. The number of aryl methyl sites for hydroxylation is 2. The molecule has 152 valence electrons. The lowest BCUT2D eigenvalue weighted by Gasteiger charge is -2.03. The summed E-state index contributed by atoms with van der Waals surface area (Å²) in [5.74, 6) is -0.0953. The third-order valence-corrected chi connectivity index (χ3v) is 6.05. The molecular formula is C20H18N6O2S2. The van der Waals surface area contributed by atoms with E-state index in [1.807, 2.05) is 38.1 Å². The number of anilines is 1. The van der Waals surface area contributed by atoms with Crippen molar-refractivity contribution in [2.75, 3.05) is 5.32 Å². The molecule has 0 atom stereocenters. The Kier molecular flexibility index (Phi) is 5.51. The number of thiazole rings is 2. The largest absolute Gasteiger partial charge is 0.302 e. The van der Waals surface area contributed by atoms with E-state index in [9.17, 15) is 9.59 Å². The number of hydrogen-bond acceptors (Lipinski definition) is 8. The summed E-state index contributed by atoms with van der Waals surface area (Å²) in [7, 11) is 0. The first-order valence-corrected chi connectivity index (χ1v) is 10.8. The van der Waals surface area contributed by atoms with Gasteiger partial charge in [0.25, 0.3) is 5.91 Å². The maximum absolute atomic E-state index is 12.9. The summed E-state index contributed by atoms with van der Waals surface area (Å²) in [6.07, 6.45) is 1.48. The zero-order valence-corrected chi connectivity index (χ0v) is 18.2. The first-order valence-electron chi connectivity index (χ1n) is 9.10. The van der Waals surface area contributed by atoms with E-state index in [0.717, 1.165) is 21.0 Å². The van der Waals surface area contributed by atoms with Crippen LogP contribution in [0.2, 0.25) is 0 Å². The lowest BCUT2D eigenvalue weighted by atomic mass is 10.1. The second kappa shape index (κ2) is 8.25. The molecule has 0 saturated heterocycles. The minimum Gasteiger partial charge on any atom is -0.302 e. The number of aromatic nitrogens is 5. The number of ketones is 1. The fourth-order valence-electron chi connectivity index (χ4n) is 2.84. The Bertz CT molecular complexity index is 1240. The van der Waals surface area contributed by atoms with Gasteiger partial charge in [-0.15, -0.1) is 27.8 Å². The van der Waals surface area contributed by atoms with Crippen LogP contribution < -0.4 is 5.32 Å². The number of benzene rings is 1. The third kappa shape index (κ3) is 4.34. The molecule has 4 rings (SSSR count). The van der Waals surface area contributed by atoms with Gasteiger partial charge in [-0.3, -0.25) is 9.59 Å². The number of nitrogens with one attached hydrogen (secondary N) is 1. The van der Waals surface area contributed by atoms with Gasteiger partial charge in [0.2, 0.25) is 0 Å². The Labute approximate surface area is 180 Å². The van der Waals surface area contributed by atoms with Crippen molar-refractivity contribution in [2.24, 2.45) is 0 Å². The molecule has 3 heterocycles. The van der Waals surface area contributed by atoms with Crippen molar-refractivity contribution in [3.63, 3.8) is 0 Å². The zero-order valence-electron chi connectivity index (χ0n) is 16.5. The van der Waals surface area contributed by atoms with Crippen LogP contribution in [0.15, 0.2) is 35.8 Å². The molecule has 1 N–H and O–H groups in total. The topological polar surface area (TPSA) is 103 Å². The predicted molar refractivity (Wildman–Crippen MR) is 116 cm³/mol. The van der Waals surface area contributed by atoms with Gasteiger partial charge in [0.05, 0.1) is 16.1 Å². The van der Waals surface area contributed by atoms with E-state index >= 15 is 0 Å². The van der Waals surface area contributed by atoms with Crippen LogP contribution in [0.4, 0.5) is 5.82 Å². The average molecular weight is 439 g/mol. The van der Waals surface area contributed by atoms with Crippen LogP contribution >= 0.6 is 22.7 Å². The summed E-state index contributed by atoms with van der Waals surface area (Å²) in [6, 6.07) is 7.97. The van der Waals surface area contributed by atoms with Crippen molar-refractivity contribution in [3.8, 4) is 10.4 Å². The molecular weight excluding hydrogens is 420 g/mol. The van der Waals surface area contributed by atoms with Crippen molar-refractivity contribution in [1.82, 2.24) is 25.0 Å². The Morgan fingerprint density at radius 3 is 2.77 bits per heavy atom. The van der Waals surface area contributed by atoms with Crippen LogP contribution in [0.1, 0.15) is 43.5 Å². The van der Waals surface area contributed by atoms with Gasteiger partial charge >= 0.3 is 0 Å². The van der Waals surface area contributed by atoms with E-state index in [4.69, 9.17) is 0 Å². The quantitative estimate of drug-likeness (QED) is 0.457. The van der Waals surface area contributed by atoms with Crippen LogP contribution in [0.25, 0.3) is 10.4 Å². The molecule has 1 aromatic carbocycles. The SMILES string of the molecule is CC(=O)c1csc(Cn2ncc(NC(=O)c3nc(C)sc3-c3cccc(C)c3)n2)n1. The molecule has 0 aliphatic rings. The van der Waals surface area contributed by atoms with E-state index in [0.29, 0.717) is 28.8 Å². The highest BCUT2D eigenvalue weighted by molar-refractivity contribution is 7.15. The third-order valence-electron chi connectivity index (χ3n) is 4.20. The van der Waals surface area contributed by atoms with Gasteiger partial charge in [-0.05, 0) is 19.4 Å². The molecule has 4 aromatic rings. The standard InChI is InChI=1S/C20H18N6O2S2/c1-11-5-4-6-14(7-11)19-18(22-13(3)30-19)20(28)24-16-8-21-26(25-16)9-17-23-15(10-29-17)12(2)27/h4-8,10H,9H2,1-3H3,(H,24,25,28). The highest BCUT2D eigenvalue weighted by Gasteiger charge is 2.20. The molecule has 0 radical (unpaired) electrons. The molecule has 10 heteroatoms. The van der Waals surface area contributed by atoms with Gasteiger partial charge in [-0.1, -0.05) is 29.8 Å². The van der Waals surface area contributed by atoms with Gasteiger partial charge < -0.3 is 5.32 Å². The van der Waals surface area contributed by atoms with Crippen LogP contribution in [0.3, 0.4) is 0 Å². The normalized spacial score (nSPS) is 10.9. The van der Waals surface area contributed by atoms with Crippen LogP contribution in [-0.2, 0) is 6.54 Å². The maximum Gasteiger partial charge on any atom is 0.277 e. The number of carbonyl (C=O) groups is 2. The second-order valence-electron chi connectivity index (χ2n) is 6.68. The smallest absolute Gasteiger partial charge is 0.277 e. The van der Waals surface area contributed by atoms with Crippen molar-refractivity contribution in [3.05, 3.63) is 62.8 Å². The van der Waals surface area contributed by atoms with Gasteiger partial charge in [-0.2, -0.15) is 9.90 Å². The van der Waals surface area contributed by atoms with Crippen molar-refractivity contribution in [2.45, 2.75) is 27.3 Å². The second-order valence-corrected chi connectivity index (χ2v) is 8.82. The molecule has 0 aliphatic heterocycles. The number of nitrogens with zero attached hydrogens (tertiary/aromatic N) is 5. The van der Waals surface area contributed by atoms with Gasteiger partial charge in [0, 0.05) is 12.3 Å². The number of carbonyl (C=O) groups excluding carboxylic acids is 2. The van der Waals surface area contributed by atoms with Gasteiger partial charge in [0.15, 0.2) is 11.6 Å². The fraction of sp³-hybridized carbons (Fsp3) is 0.200. The summed E-state index contributed by atoms with van der Waals surface area (Å²) >= 11 is 2.85. The minimum absolute atomic E-state index is 0.0816. The molecule has 30 heavy (non-hydrogen) atoms. The Morgan fingerprint density at radius 1 is 1.20 bits per heavy atom. The van der Waals surface area contributed by atoms with Crippen molar-refractivity contribution >= 4 is 40.2 Å². The van der Waals surface area contributed by atoms with Crippen molar-refractivity contribution < 1.29 is 9.59 Å². The summed E-state index contributed by atoms with van der Waals surface area (Å²) < 4.78 is 0. The van der Waals surface area contributed by atoms with Gasteiger partial charge in [0.1, 0.15) is 22.9 Å². The molecule has 0 saturated carbocycles. The van der Waals surface area contributed by atoms with E-state index in [2.05, 4.69) is 25.5 Å². The van der Waals surface area contributed by atoms with Crippen LogP contribution in [0, 0.1) is 13.8 Å². The molecule has 1 amide bonds. The summed E-state index contributed by atoms with van der Waals surface area (Å²) in [4.78, 5) is 35.1. The lowest BCUT2D eigenvalue weighted by molar-refractivity contribution is 0.100. The van der Waals surface area contributed by atoms with Crippen LogP contribution in [-0.4, -0.2) is 36.7 Å². The number of rotatable bonds is 6. The lowest BCUT2D eigenvalue weighted by Crippen LogP contribution is -2.14. The molecule has 0 aliphatic carbocycles. The zero-order chi connectivity index (χ0) is 21.3. The Morgan fingerprint density at radius 2 is 2.03 bits per heavy atom. The molecule has 0 fully saturated rings. The summed E-state index contributed by atoms with van der Waals surface area (Å²) in [5, 5.41) is 14.4. The first kappa shape index (κ1) is 20.0. The summed E-state index contributed by atoms with van der Waals surface area (Å²) in [6.45, 7) is 5.68. The molecule has 0 unspecified atom stereocenters. The highest BCUT2D eigenvalue weighted by atomic mass is 32.1. The molecule has 0 bridgehead atoms. The molecule has 8 nitrogen and oxygen atoms in total. The monoisotopic (exact) mass is 438 g/mol. The van der Waals surface area contributed by atoms with E-state index in [1.165, 1.54) is 40.6 Å². The first-order chi connectivity index (χ1) is 14.4. The Balaban J connectivity index is 1.50. The fourth-order valence-corrected chi connectivity index (χ4v) is 4.55. The molecule has 0 spiro atoms. The van der Waals surface area contributed by atoms with Gasteiger partial charge in [-0.25, -0.2) is 9.97 Å². The highest BCUT2D eigenvalue weighted by Crippen LogP contribution is 2.31. The summed E-state index contributed by atoms with van der Waals surface area (Å²) in [5.41, 5.74) is 2.87. The number of Topliss-reactive ketones (excluding diaryl/α,β-unsaturated/α-hetero) is 1. The minimum atomic E-state index is -0.337.